The molecule has 5 rings (SSSR count). The van der Waals surface area contributed by atoms with Crippen LogP contribution < -0.4 is 10.1 Å². The van der Waals surface area contributed by atoms with Crippen molar-refractivity contribution >= 4 is 17.2 Å². The van der Waals surface area contributed by atoms with Crippen molar-refractivity contribution in [3.63, 3.8) is 0 Å². The second kappa shape index (κ2) is 7.95. The summed E-state index contributed by atoms with van der Waals surface area (Å²) < 4.78 is 7.26. The highest BCUT2D eigenvalue weighted by atomic mass is 16.5. The Kier molecular flexibility index (Phi) is 4.84. The molecule has 0 amide bonds. The normalized spacial score (nSPS) is 10.9. The van der Waals surface area contributed by atoms with E-state index in [2.05, 4.69) is 29.6 Å². The van der Waals surface area contributed by atoms with Crippen molar-refractivity contribution in [1.29, 1.82) is 0 Å². The van der Waals surface area contributed by atoms with Crippen LogP contribution in [0.1, 0.15) is 5.69 Å². The fourth-order valence-corrected chi connectivity index (χ4v) is 3.76. The van der Waals surface area contributed by atoms with Crippen molar-refractivity contribution in [2.75, 3.05) is 12.4 Å². The van der Waals surface area contributed by atoms with E-state index in [9.17, 15) is 0 Å². The third-order valence-electron chi connectivity index (χ3n) is 5.24. The van der Waals surface area contributed by atoms with Crippen molar-refractivity contribution < 1.29 is 4.74 Å². The lowest BCUT2D eigenvalue weighted by molar-refractivity contribution is 0.415. The molecule has 0 atom stereocenters. The molecule has 5 heteroatoms. The smallest absolute Gasteiger partial charge is 0.166 e. The SMILES string of the molecule is COc1cccc(Nc2cc(-c3ccccc3)nc3c(-c4ccccc4)c(C)nn23)c1. The molecule has 1 N–H and O–H groups in total. The third kappa shape index (κ3) is 3.62. The average Bonchev–Trinajstić information content (AvgIpc) is 3.16. The number of rotatable bonds is 5. The highest BCUT2D eigenvalue weighted by Crippen LogP contribution is 2.32. The summed E-state index contributed by atoms with van der Waals surface area (Å²) in [6.07, 6.45) is 0. The van der Waals surface area contributed by atoms with Crippen molar-refractivity contribution in [3.05, 3.63) is 96.7 Å². The first-order valence-corrected chi connectivity index (χ1v) is 10.2. The van der Waals surface area contributed by atoms with Crippen LogP contribution in [0.3, 0.4) is 0 Å². The van der Waals surface area contributed by atoms with Gasteiger partial charge in [-0.05, 0) is 24.6 Å². The van der Waals surface area contributed by atoms with Gasteiger partial charge >= 0.3 is 0 Å². The molecule has 3 aromatic carbocycles. The topological polar surface area (TPSA) is 51.5 Å². The van der Waals surface area contributed by atoms with Crippen LogP contribution in [0.25, 0.3) is 28.0 Å². The fourth-order valence-electron chi connectivity index (χ4n) is 3.76. The lowest BCUT2D eigenvalue weighted by Crippen LogP contribution is -2.03. The Bertz CT molecular complexity index is 1340. The van der Waals surface area contributed by atoms with Gasteiger partial charge in [-0.15, -0.1) is 0 Å². The van der Waals surface area contributed by atoms with E-state index < -0.39 is 0 Å². The first-order chi connectivity index (χ1) is 15.2. The van der Waals surface area contributed by atoms with E-state index in [4.69, 9.17) is 14.8 Å². The van der Waals surface area contributed by atoms with Gasteiger partial charge in [-0.2, -0.15) is 9.61 Å². The summed E-state index contributed by atoms with van der Waals surface area (Å²) in [4.78, 5) is 5.01. The van der Waals surface area contributed by atoms with Gasteiger partial charge in [-0.3, -0.25) is 0 Å². The molecule has 0 saturated heterocycles. The van der Waals surface area contributed by atoms with E-state index in [1.807, 2.05) is 78.2 Å². The molecule has 0 radical (unpaired) electrons. The molecule has 31 heavy (non-hydrogen) atoms. The largest absolute Gasteiger partial charge is 0.497 e. The maximum absolute atomic E-state index is 5.38. The minimum Gasteiger partial charge on any atom is -0.497 e. The second-order valence-electron chi connectivity index (χ2n) is 7.31. The van der Waals surface area contributed by atoms with Crippen molar-refractivity contribution in [3.8, 4) is 28.1 Å². The molecule has 0 bridgehead atoms. The van der Waals surface area contributed by atoms with E-state index in [1.54, 1.807) is 7.11 Å². The van der Waals surface area contributed by atoms with Gasteiger partial charge in [-0.1, -0.05) is 66.7 Å². The van der Waals surface area contributed by atoms with Crippen LogP contribution in [0.4, 0.5) is 11.5 Å². The van der Waals surface area contributed by atoms with Crippen molar-refractivity contribution in [2.45, 2.75) is 6.92 Å². The molecule has 5 aromatic rings. The summed E-state index contributed by atoms with van der Waals surface area (Å²) in [6, 6.07) is 30.4. The van der Waals surface area contributed by atoms with Gasteiger partial charge in [0, 0.05) is 28.9 Å². The summed E-state index contributed by atoms with van der Waals surface area (Å²) in [7, 11) is 1.67. The Morgan fingerprint density at radius 3 is 2.23 bits per heavy atom. The molecule has 0 aliphatic carbocycles. The molecule has 0 saturated carbocycles. The minimum atomic E-state index is 0.792. The Hall–Kier alpha value is -4.12. The van der Waals surface area contributed by atoms with Crippen LogP contribution in [-0.4, -0.2) is 21.7 Å². The number of hydrogen-bond donors (Lipinski definition) is 1. The predicted molar refractivity (Wildman–Crippen MR) is 125 cm³/mol. The molecule has 152 valence electrons. The monoisotopic (exact) mass is 406 g/mol. The van der Waals surface area contributed by atoms with Crippen LogP contribution in [-0.2, 0) is 0 Å². The van der Waals surface area contributed by atoms with Gasteiger partial charge in [0.25, 0.3) is 0 Å². The Morgan fingerprint density at radius 2 is 1.52 bits per heavy atom. The minimum absolute atomic E-state index is 0.792. The van der Waals surface area contributed by atoms with E-state index in [0.29, 0.717) is 0 Å². The quantitative estimate of drug-likeness (QED) is 0.382. The number of fused-ring (bicyclic) bond motifs is 1. The lowest BCUT2D eigenvalue weighted by Gasteiger charge is -2.12. The molecule has 0 aliphatic heterocycles. The Balaban J connectivity index is 1.73. The lowest BCUT2D eigenvalue weighted by atomic mass is 10.1. The summed E-state index contributed by atoms with van der Waals surface area (Å²) >= 11 is 0. The van der Waals surface area contributed by atoms with Crippen LogP contribution in [0.15, 0.2) is 91.0 Å². The average molecular weight is 406 g/mol. The standard InChI is InChI=1S/C26H22N4O/c1-18-25(20-12-7-4-8-13-20)26-28-23(19-10-5-3-6-11-19)17-24(30(26)29-18)27-21-14-9-15-22(16-21)31-2/h3-17,27H,1-2H3. The zero-order chi connectivity index (χ0) is 21.2. The fraction of sp³-hybridized carbons (Fsp3) is 0.0769. The number of methoxy groups -OCH3 is 1. The second-order valence-corrected chi connectivity index (χ2v) is 7.31. The molecule has 0 unspecified atom stereocenters. The Morgan fingerprint density at radius 1 is 0.806 bits per heavy atom. The highest BCUT2D eigenvalue weighted by molar-refractivity contribution is 5.83. The van der Waals surface area contributed by atoms with Gasteiger partial charge in [0.05, 0.1) is 18.5 Å². The number of aromatic nitrogens is 3. The summed E-state index contributed by atoms with van der Waals surface area (Å²) in [6.45, 7) is 2.02. The van der Waals surface area contributed by atoms with Gasteiger partial charge < -0.3 is 10.1 Å². The van der Waals surface area contributed by atoms with Crippen LogP contribution in [0.5, 0.6) is 5.75 Å². The number of hydrogen-bond acceptors (Lipinski definition) is 4. The summed E-state index contributed by atoms with van der Waals surface area (Å²) in [5.74, 6) is 1.63. The van der Waals surface area contributed by atoms with Crippen molar-refractivity contribution in [2.24, 2.45) is 0 Å². The number of benzene rings is 3. The van der Waals surface area contributed by atoms with Crippen LogP contribution in [0.2, 0.25) is 0 Å². The molecule has 0 fully saturated rings. The number of anilines is 2. The van der Waals surface area contributed by atoms with Crippen LogP contribution in [0, 0.1) is 6.92 Å². The van der Waals surface area contributed by atoms with E-state index in [-0.39, 0.29) is 0 Å². The molecule has 0 spiro atoms. The number of nitrogens with zero attached hydrogens (tertiary/aromatic N) is 3. The summed E-state index contributed by atoms with van der Waals surface area (Å²) in [5.41, 5.74) is 6.73. The van der Waals surface area contributed by atoms with E-state index >= 15 is 0 Å². The molecule has 0 aliphatic rings. The van der Waals surface area contributed by atoms with Crippen molar-refractivity contribution in [1.82, 2.24) is 14.6 Å². The summed E-state index contributed by atoms with van der Waals surface area (Å²) in [5, 5.41) is 8.33. The maximum atomic E-state index is 5.38. The third-order valence-corrected chi connectivity index (χ3v) is 5.24. The van der Waals surface area contributed by atoms with Gasteiger partial charge in [0.2, 0.25) is 0 Å². The highest BCUT2D eigenvalue weighted by Gasteiger charge is 2.17. The van der Waals surface area contributed by atoms with Gasteiger partial charge in [-0.25, -0.2) is 4.98 Å². The Labute approximate surface area is 181 Å². The van der Waals surface area contributed by atoms with E-state index in [1.165, 1.54) is 0 Å². The van der Waals surface area contributed by atoms with Gasteiger partial charge in [0.1, 0.15) is 11.6 Å². The molecule has 2 aromatic heterocycles. The first kappa shape index (κ1) is 18.9. The van der Waals surface area contributed by atoms with Gasteiger partial charge in [0.15, 0.2) is 5.65 Å². The number of ether oxygens (including phenoxy) is 1. The maximum Gasteiger partial charge on any atom is 0.166 e. The molecular weight excluding hydrogens is 384 g/mol. The predicted octanol–water partition coefficient (Wildman–Crippen LogP) is 6.12. The molecule has 5 nitrogen and oxygen atoms in total. The molecular formula is C26H22N4O. The number of aryl methyl sites for hydroxylation is 1. The molecule has 2 heterocycles. The first-order valence-electron chi connectivity index (χ1n) is 10.2. The zero-order valence-electron chi connectivity index (χ0n) is 17.4. The van der Waals surface area contributed by atoms with E-state index in [0.717, 1.165) is 51.0 Å². The number of nitrogens with one attached hydrogen (secondary N) is 1. The van der Waals surface area contributed by atoms with Crippen LogP contribution >= 0.6 is 0 Å². The zero-order valence-corrected chi connectivity index (χ0v) is 17.4.